The minimum atomic E-state index is -0.527. The van der Waals surface area contributed by atoms with Gasteiger partial charge >= 0.3 is 0 Å². The molecule has 0 atom stereocenters. The zero-order valence-electron chi connectivity index (χ0n) is 36.1. The standard InChI is InChI=1S/C62H42N2O/c1-61(2)52-25-12-9-21-46(52)49-23-15-24-50(59(49)61)60-63-55(40-30-28-39(29-31-40)41-33-35-58-51(36-41)48-22-11-14-27-57(48)65-58)38-56(64-60)42-32-34-47-45-20-10-13-26-53(45)62(54(47)37-42,43-16-5-3-6-17-43)44-18-7-4-8-19-44/h3-38H,1-2H3. The van der Waals surface area contributed by atoms with Gasteiger partial charge in [0.1, 0.15) is 11.2 Å². The fraction of sp³-hybridized carbons (Fsp3) is 0.0645. The molecule has 2 aromatic heterocycles. The molecule has 2 heterocycles. The number of furan rings is 1. The maximum absolute atomic E-state index is 6.16. The van der Waals surface area contributed by atoms with E-state index in [0.29, 0.717) is 0 Å². The summed E-state index contributed by atoms with van der Waals surface area (Å²) in [4.78, 5) is 11.0. The summed E-state index contributed by atoms with van der Waals surface area (Å²) in [5.74, 6) is 0.720. The molecule has 0 bridgehead atoms. The number of nitrogens with zero attached hydrogens (tertiary/aromatic N) is 2. The van der Waals surface area contributed by atoms with Crippen molar-refractivity contribution in [2.45, 2.75) is 24.7 Å². The van der Waals surface area contributed by atoms with Crippen LogP contribution in [0.15, 0.2) is 223 Å². The van der Waals surface area contributed by atoms with Crippen molar-refractivity contribution in [2.24, 2.45) is 0 Å². The van der Waals surface area contributed by atoms with Crippen LogP contribution >= 0.6 is 0 Å². The molecule has 3 nitrogen and oxygen atoms in total. The van der Waals surface area contributed by atoms with E-state index in [1.165, 1.54) is 55.6 Å². The Morgan fingerprint density at radius 3 is 1.65 bits per heavy atom. The lowest BCUT2D eigenvalue weighted by atomic mass is 9.67. The molecule has 0 saturated carbocycles. The van der Waals surface area contributed by atoms with Crippen LogP contribution in [0.5, 0.6) is 0 Å². The molecule has 3 heteroatoms. The van der Waals surface area contributed by atoms with Gasteiger partial charge in [0.2, 0.25) is 0 Å². The molecule has 0 aliphatic heterocycles. The average molecular weight is 831 g/mol. The quantitative estimate of drug-likeness (QED) is 0.168. The van der Waals surface area contributed by atoms with Crippen LogP contribution in [0.3, 0.4) is 0 Å². The lowest BCUT2D eigenvalue weighted by molar-refractivity contribution is 0.661. The first kappa shape index (κ1) is 37.4. The van der Waals surface area contributed by atoms with Gasteiger partial charge in [-0.15, -0.1) is 0 Å². The molecule has 0 N–H and O–H groups in total. The van der Waals surface area contributed by atoms with Crippen molar-refractivity contribution in [3.8, 4) is 67.3 Å². The summed E-state index contributed by atoms with van der Waals surface area (Å²) in [6.07, 6.45) is 0. The Morgan fingerprint density at radius 2 is 0.892 bits per heavy atom. The van der Waals surface area contributed by atoms with Gasteiger partial charge < -0.3 is 4.42 Å². The number of aromatic nitrogens is 2. The lowest BCUT2D eigenvalue weighted by Gasteiger charge is -2.34. The Morgan fingerprint density at radius 1 is 0.354 bits per heavy atom. The van der Waals surface area contributed by atoms with Crippen molar-refractivity contribution in [1.29, 1.82) is 0 Å². The first-order valence-corrected chi connectivity index (χ1v) is 22.5. The van der Waals surface area contributed by atoms with Gasteiger partial charge in [-0.2, -0.15) is 0 Å². The summed E-state index contributed by atoms with van der Waals surface area (Å²) in [7, 11) is 0. The Balaban J connectivity index is 1.01. The fourth-order valence-corrected chi connectivity index (χ4v) is 11.2. The normalized spacial score (nSPS) is 13.9. The minimum Gasteiger partial charge on any atom is -0.456 e. The fourth-order valence-electron chi connectivity index (χ4n) is 11.2. The van der Waals surface area contributed by atoms with Crippen LogP contribution in [-0.4, -0.2) is 9.97 Å². The van der Waals surface area contributed by atoms with Crippen LogP contribution in [-0.2, 0) is 10.8 Å². The minimum absolute atomic E-state index is 0.241. The Labute approximate surface area is 378 Å². The van der Waals surface area contributed by atoms with Crippen LogP contribution in [0.2, 0.25) is 0 Å². The Hall–Kier alpha value is -8.14. The highest BCUT2D eigenvalue weighted by Crippen LogP contribution is 2.57. The zero-order chi connectivity index (χ0) is 43.3. The topological polar surface area (TPSA) is 38.9 Å². The monoisotopic (exact) mass is 830 g/mol. The molecule has 2 aliphatic carbocycles. The van der Waals surface area contributed by atoms with Crippen molar-refractivity contribution in [1.82, 2.24) is 9.97 Å². The van der Waals surface area contributed by atoms with Crippen molar-refractivity contribution < 1.29 is 4.42 Å². The van der Waals surface area contributed by atoms with E-state index in [1.807, 2.05) is 12.1 Å². The molecule has 0 saturated heterocycles. The molecule has 0 fully saturated rings. The van der Waals surface area contributed by atoms with Gasteiger partial charge in [-0.25, -0.2) is 9.97 Å². The van der Waals surface area contributed by atoms with Gasteiger partial charge in [-0.05, 0) is 97.1 Å². The van der Waals surface area contributed by atoms with E-state index < -0.39 is 5.41 Å². The summed E-state index contributed by atoms with van der Waals surface area (Å²) in [5, 5.41) is 2.25. The first-order valence-electron chi connectivity index (χ1n) is 22.5. The predicted molar refractivity (Wildman–Crippen MR) is 266 cm³/mol. The van der Waals surface area contributed by atoms with E-state index >= 15 is 0 Å². The number of para-hydroxylation sites is 1. The second-order valence-corrected chi connectivity index (χ2v) is 18.0. The van der Waals surface area contributed by atoms with Gasteiger partial charge in [-0.3, -0.25) is 0 Å². The molecule has 0 amide bonds. The second-order valence-electron chi connectivity index (χ2n) is 18.0. The van der Waals surface area contributed by atoms with Gasteiger partial charge in [0, 0.05) is 32.9 Å². The van der Waals surface area contributed by atoms with Gasteiger partial charge in [0.15, 0.2) is 5.82 Å². The highest BCUT2D eigenvalue weighted by Gasteiger charge is 2.46. The molecule has 0 spiro atoms. The Kier molecular flexibility index (Phi) is 8.17. The maximum Gasteiger partial charge on any atom is 0.160 e. The van der Waals surface area contributed by atoms with Gasteiger partial charge in [0.25, 0.3) is 0 Å². The van der Waals surface area contributed by atoms with Crippen LogP contribution in [0.1, 0.15) is 47.2 Å². The van der Waals surface area contributed by atoms with Gasteiger partial charge in [0.05, 0.1) is 16.8 Å². The number of rotatable bonds is 6. The molecular formula is C62H42N2O. The summed E-state index contributed by atoms with van der Waals surface area (Å²) in [6.45, 7) is 4.67. The number of fused-ring (bicyclic) bond motifs is 9. The maximum atomic E-state index is 6.16. The van der Waals surface area contributed by atoms with E-state index in [0.717, 1.165) is 67.0 Å². The third-order valence-corrected chi connectivity index (χ3v) is 14.2. The third-order valence-electron chi connectivity index (χ3n) is 14.2. The van der Waals surface area contributed by atoms with Crippen molar-refractivity contribution >= 4 is 21.9 Å². The predicted octanol–water partition coefficient (Wildman–Crippen LogP) is 15.7. The van der Waals surface area contributed by atoms with E-state index in [4.69, 9.17) is 14.4 Å². The van der Waals surface area contributed by atoms with Crippen molar-refractivity contribution in [3.63, 3.8) is 0 Å². The van der Waals surface area contributed by atoms with Crippen molar-refractivity contribution in [2.75, 3.05) is 0 Å². The summed E-state index contributed by atoms with van der Waals surface area (Å²) in [6, 6.07) is 79.0. The van der Waals surface area contributed by atoms with E-state index in [1.54, 1.807) is 0 Å². The molecular weight excluding hydrogens is 789 g/mol. The highest BCUT2D eigenvalue weighted by atomic mass is 16.3. The molecule has 9 aromatic carbocycles. The SMILES string of the molecule is CC1(C)c2ccccc2-c2cccc(-c3nc(-c4ccc(-c5ccc6oc7ccccc7c6c5)cc4)cc(-c4ccc5c(c4)C(c4ccccc4)(c4ccccc4)c4ccccc4-5)n3)c21. The van der Waals surface area contributed by atoms with Crippen LogP contribution < -0.4 is 0 Å². The van der Waals surface area contributed by atoms with E-state index in [9.17, 15) is 0 Å². The highest BCUT2D eigenvalue weighted by molar-refractivity contribution is 6.06. The molecule has 11 aromatic rings. The molecule has 13 rings (SSSR count). The summed E-state index contributed by atoms with van der Waals surface area (Å²) < 4.78 is 6.16. The smallest absolute Gasteiger partial charge is 0.160 e. The van der Waals surface area contributed by atoms with E-state index in [2.05, 4.69) is 220 Å². The first-order chi connectivity index (χ1) is 32.0. The summed E-state index contributed by atoms with van der Waals surface area (Å²) >= 11 is 0. The molecule has 0 radical (unpaired) electrons. The molecule has 306 valence electrons. The number of hydrogen-bond donors (Lipinski definition) is 0. The lowest BCUT2D eigenvalue weighted by Crippen LogP contribution is -2.28. The third kappa shape index (κ3) is 5.55. The average Bonchev–Trinajstić information content (AvgIpc) is 3.97. The largest absolute Gasteiger partial charge is 0.456 e. The van der Waals surface area contributed by atoms with Crippen LogP contribution in [0, 0.1) is 0 Å². The molecule has 2 aliphatic rings. The van der Waals surface area contributed by atoms with E-state index in [-0.39, 0.29) is 5.41 Å². The Bertz CT molecular complexity index is 3640. The zero-order valence-corrected chi connectivity index (χ0v) is 36.1. The van der Waals surface area contributed by atoms with Crippen molar-refractivity contribution in [3.05, 3.63) is 252 Å². The number of hydrogen-bond acceptors (Lipinski definition) is 3. The molecule has 0 unspecified atom stereocenters. The van der Waals surface area contributed by atoms with Crippen LogP contribution in [0.25, 0.3) is 89.2 Å². The summed E-state index contributed by atoms with van der Waals surface area (Å²) in [5.41, 5.74) is 20.8. The number of benzene rings is 9. The van der Waals surface area contributed by atoms with Gasteiger partial charge in [-0.1, -0.05) is 202 Å². The second kappa shape index (κ2) is 14.2. The molecule has 65 heavy (non-hydrogen) atoms. The van der Waals surface area contributed by atoms with Crippen LogP contribution in [0.4, 0.5) is 0 Å².